The molecular formula is C17H23NO2. The first-order valence-electron chi connectivity index (χ1n) is 7.07. The Bertz CT molecular complexity index is 507. The fraction of sp³-hybridized carbons (Fsp3) is 0.471. The molecule has 0 aliphatic rings. The lowest BCUT2D eigenvalue weighted by Gasteiger charge is -2.28. The molecule has 2 N–H and O–H groups in total. The van der Waals surface area contributed by atoms with Crippen LogP contribution < -0.4 is 5.32 Å². The molecule has 3 heteroatoms. The minimum absolute atomic E-state index is 0.0541. The van der Waals surface area contributed by atoms with E-state index >= 15 is 0 Å². The molecule has 1 amide bonds. The van der Waals surface area contributed by atoms with E-state index in [9.17, 15) is 4.79 Å². The molecule has 20 heavy (non-hydrogen) atoms. The summed E-state index contributed by atoms with van der Waals surface area (Å²) in [7, 11) is 0. The summed E-state index contributed by atoms with van der Waals surface area (Å²) in [6, 6.07) is 7.26. The molecule has 108 valence electrons. The zero-order chi connectivity index (χ0) is 15.0. The van der Waals surface area contributed by atoms with E-state index in [2.05, 4.69) is 37.9 Å². The topological polar surface area (TPSA) is 49.3 Å². The van der Waals surface area contributed by atoms with Crippen molar-refractivity contribution in [1.82, 2.24) is 5.32 Å². The van der Waals surface area contributed by atoms with Gasteiger partial charge in [-0.25, -0.2) is 0 Å². The van der Waals surface area contributed by atoms with Crippen molar-refractivity contribution in [2.75, 3.05) is 6.61 Å². The van der Waals surface area contributed by atoms with Gasteiger partial charge in [0.15, 0.2) is 0 Å². The van der Waals surface area contributed by atoms with Gasteiger partial charge < -0.3 is 10.4 Å². The maximum absolute atomic E-state index is 12.3. The molecule has 0 saturated carbocycles. The van der Waals surface area contributed by atoms with Gasteiger partial charge in [-0.05, 0) is 38.0 Å². The molecule has 0 aromatic heterocycles. The highest BCUT2D eigenvalue weighted by Gasteiger charge is 2.22. The summed E-state index contributed by atoms with van der Waals surface area (Å²) in [4.78, 5) is 12.3. The number of carbonyl (C=O) groups is 1. The highest BCUT2D eigenvalue weighted by molar-refractivity contribution is 5.95. The maximum Gasteiger partial charge on any atom is 0.251 e. The summed E-state index contributed by atoms with van der Waals surface area (Å²) in [5.74, 6) is 5.73. The Hall–Kier alpha value is -1.79. The first-order chi connectivity index (χ1) is 9.54. The van der Waals surface area contributed by atoms with Crippen molar-refractivity contribution in [3.63, 3.8) is 0 Å². The van der Waals surface area contributed by atoms with Crippen LogP contribution in [0.3, 0.4) is 0 Å². The molecule has 0 heterocycles. The summed E-state index contributed by atoms with van der Waals surface area (Å²) in [5, 5.41) is 11.8. The second-order valence-corrected chi connectivity index (χ2v) is 5.08. The minimum Gasteiger partial charge on any atom is -0.395 e. The predicted molar refractivity (Wildman–Crippen MR) is 81.5 cm³/mol. The summed E-state index contributed by atoms with van der Waals surface area (Å²) >= 11 is 0. The fourth-order valence-electron chi connectivity index (χ4n) is 1.73. The number of aliphatic hydroxyl groups is 1. The monoisotopic (exact) mass is 273 g/mol. The third-order valence-corrected chi connectivity index (χ3v) is 3.57. The second-order valence-electron chi connectivity index (χ2n) is 5.08. The first-order valence-corrected chi connectivity index (χ1v) is 7.07. The molecule has 0 aliphatic carbocycles. The Morgan fingerprint density at radius 3 is 2.65 bits per heavy atom. The van der Waals surface area contributed by atoms with Crippen LogP contribution >= 0.6 is 0 Å². The number of carbonyl (C=O) groups excluding carboxylic acids is 1. The molecular weight excluding hydrogens is 250 g/mol. The normalized spacial score (nSPS) is 10.6. The van der Waals surface area contributed by atoms with Gasteiger partial charge in [0, 0.05) is 23.1 Å². The molecule has 0 unspecified atom stereocenters. The standard InChI is InChI=1S/C17H23NO2/c1-4-17(3,5-2)18-16(20)15-11-8-10-14(13-15)9-6-7-12-19/h8,10-11,13,19H,4-5,7,12H2,1-3H3,(H,18,20). The van der Waals surface area contributed by atoms with E-state index in [0.29, 0.717) is 12.0 Å². The smallest absolute Gasteiger partial charge is 0.251 e. The van der Waals surface area contributed by atoms with E-state index in [1.165, 1.54) is 0 Å². The van der Waals surface area contributed by atoms with E-state index in [1.807, 2.05) is 12.1 Å². The SMILES string of the molecule is CCC(C)(CC)NC(=O)c1cccc(C#CCCO)c1. The first kappa shape index (κ1) is 16.3. The van der Waals surface area contributed by atoms with Crippen molar-refractivity contribution in [3.8, 4) is 11.8 Å². The quantitative estimate of drug-likeness (QED) is 0.810. The number of benzene rings is 1. The number of nitrogens with one attached hydrogen (secondary N) is 1. The number of hydrogen-bond acceptors (Lipinski definition) is 2. The Balaban J connectivity index is 2.84. The third kappa shape index (κ3) is 4.71. The van der Waals surface area contributed by atoms with Crippen LogP contribution in [0.15, 0.2) is 24.3 Å². The molecule has 0 bridgehead atoms. The molecule has 0 fully saturated rings. The van der Waals surface area contributed by atoms with Crippen LogP contribution in [0, 0.1) is 11.8 Å². The summed E-state index contributed by atoms with van der Waals surface area (Å²) < 4.78 is 0. The van der Waals surface area contributed by atoms with E-state index in [4.69, 9.17) is 5.11 Å². The summed E-state index contributed by atoms with van der Waals surface area (Å²) in [6.07, 6.45) is 2.23. The van der Waals surface area contributed by atoms with E-state index in [1.54, 1.807) is 12.1 Å². The zero-order valence-electron chi connectivity index (χ0n) is 12.5. The van der Waals surface area contributed by atoms with Gasteiger partial charge in [-0.1, -0.05) is 31.8 Å². The Kier molecular flexibility index (Phi) is 6.27. The highest BCUT2D eigenvalue weighted by atomic mass is 16.2. The van der Waals surface area contributed by atoms with Crippen molar-refractivity contribution in [2.24, 2.45) is 0 Å². The van der Waals surface area contributed by atoms with Gasteiger partial charge in [-0.3, -0.25) is 4.79 Å². The average molecular weight is 273 g/mol. The molecule has 0 aliphatic heterocycles. The third-order valence-electron chi connectivity index (χ3n) is 3.57. The number of rotatable bonds is 5. The van der Waals surface area contributed by atoms with Gasteiger partial charge in [0.05, 0.1) is 6.61 Å². The van der Waals surface area contributed by atoms with Crippen molar-refractivity contribution in [1.29, 1.82) is 0 Å². The van der Waals surface area contributed by atoms with Gasteiger partial charge >= 0.3 is 0 Å². The molecule has 0 radical (unpaired) electrons. The Labute approximate surface area is 121 Å². The van der Waals surface area contributed by atoms with Crippen molar-refractivity contribution in [3.05, 3.63) is 35.4 Å². The van der Waals surface area contributed by atoms with Crippen LogP contribution in [0.1, 0.15) is 56.0 Å². The number of amides is 1. The molecule has 1 aromatic carbocycles. The van der Waals surface area contributed by atoms with Crippen LogP contribution in [0.4, 0.5) is 0 Å². The maximum atomic E-state index is 12.3. The van der Waals surface area contributed by atoms with Gasteiger partial charge in [0.1, 0.15) is 0 Å². The highest BCUT2D eigenvalue weighted by Crippen LogP contribution is 2.15. The zero-order valence-corrected chi connectivity index (χ0v) is 12.5. The van der Waals surface area contributed by atoms with Crippen LogP contribution in [0.25, 0.3) is 0 Å². The molecule has 3 nitrogen and oxygen atoms in total. The number of hydrogen-bond donors (Lipinski definition) is 2. The van der Waals surface area contributed by atoms with E-state index < -0.39 is 0 Å². The van der Waals surface area contributed by atoms with Gasteiger partial charge in [0.25, 0.3) is 5.91 Å². The number of aliphatic hydroxyl groups excluding tert-OH is 1. The molecule has 0 saturated heterocycles. The van der Waals surface area contributed by atoms with Crippen molar-refractivity contribution < 1.29 is 9.90 Å². The van der Waals surface area contributed by atoms with Crippen molar-refractivity contribution >= 4 is 5.91 Å². The Morgan fingerprint density at radius 2 is 2.05 bits per heavy atom. The fourth-order valence-corrected chi connectivity index (χ4v) is 1.73. The molecule has 1 aromatic rings. The lowest BCUT2D eigenvalue weighted by Crippen LogP contribution is -2.44. The largest absolute Gasteiger partial charge is 0.395 e. The van der Waals surface area contributed by atoms with Crippen LogP contribution in [-0.2, 0) is 0 Å². The molecule has 0 atom stereocenters. The predicted octanol–water partition coefficient (Wildman–Crippen LogP) is 2.73. The van der Waals surface area contributed by atoms with Gasteiger partial charge in [-0.2, -0.15) is 0 Å². The molecule has 1 rings (SSSR count). The lowest BCUT2D eigenvalue weighted by atomic mass is 9.95. The summed E-state index contributed by atoms with van der Waals surface area (Å²) in [6.45, 7) is 6.25. The van der Waals surface area contributed by atoms with Crippen LogP contribution in [-0.4, -0.2) is 23.2 Å². The minimum atomic E-state index is -0.171. The van der Waals surface area contributed by atoms with Crippen molar-refractivity contribution in [2.45, 2.75) is 45.6 Å². The van der Waals surface area contributed by atoms with Gasteiger partial charge in [0.2, 0.25) is 0 Å². The van der Waals surface area contributed by atoms with Crippen LogP contribution in [0.5, 0.6) is 0 Å². The van der Waals surface area contributed by atoms with Crippen LogP contribution in [0.2, 0.25) is 0 Å². The van der Waals surface area contributed by atoms with Gasteiger partial charge in [-0.15, -0.1) is 0 Å². The second kappa shape index (κ2) is 7.72. The summed E-state index contributed by atoms with van der Waals surface area (Å²) in [5.41, 5.74) is 1.24. The lowest BCUT2D eigenvalue weighted by molar-refractivity contribution is 0.0901. The van der Waals surface area contributed by atoms with E-state index in [-0.39, 0.29) is 18.1 Å². The Morgan fingerprint density at radius 1 is 1.35 bits per heavy atom. The molecule has 0 spiro atoms. The van der Waals surface area contributed by atoms with E-state index in [0.717, 1.165) is 18.4 Å². The average Bonchev–Trinajstić information content (AvgIpc) is 2.47.